The lowest BCUT2D eigenvalue weighted by Crippen LogP contribution is -1.72. The van der Waals surface area contributed by atoms with Gasteiger partial charge in [-0.3, -0.25) is 0 Å². The monoisotopic (exact) mass is 221 g/mol. The fourth-order valence-electron chi connectivity index (χ4n) is 1.04. The number of hydrogen-bond acceptors (Lipinski definition) is 7. The zero-order valence-corrected chi connectivity index (χ0v) is 7.86. The summed E-state index contributed by atoms with van der Waals surface area (Å²) in [5.41, 5.74) is -0.158. The summed E-state index contributed by atoms with van der Waals surface area (Å²) in [6, 6.07) is 2.07. The van der Waals surface area contributed by atoms with E-state index in [1.54, 1.807) is 0 Å². The van der Waals surface area contributed by atoms with Gasteiger partial charge >= 0.3 is 0 Å². The Morgan fingerprint density at radius 1 is 1.06 bits per heavy atom. The van der Waals surface area contributed by atoms with Crippen LogP contribution in [0.1, 0.15) is 0 Å². The lowest BCUT2D eigenvalue weighted by Gasteiger charge is -2.01. The van der Waals surface area contributed by atoms with Crippen LogP contribution in [0.25, 0.3) is 0 Å². The molecule has 0 saturated carbocycles. The minimum absolute atomic E-state index is 0.131. The molecule has 1 aromatic carbocycles. The van der Waals surface area contributed by atoms with Gasteiger partial charge in [0.2, 0.25) is 0 Å². The number of phenols is 3. The van der Waals surface area contributed by atoms with Crippen LogP contribution in [0.15, 0.2) is 28.7 Å². The molecule has 0 saturated heterocycles. The second kappa shape index (κ2) is 3.85. The van der Waals surface area contributed by atoms with E-state index >= 15 is 0 Å². The summed E-state index contributed by atoms with van der Waals surface area (Å²) in [6.45, 7) is 0. The van der Waals surface area contributed by atoms with Gasteiger partial charge in [-0.2, -0.15) is 0 Å². The Kier molecular flexibility index (Phi) is 2.38. The number of azo groups is 1. The van der Waals surface area contributed by atoms with Gasteiger partial charge in [0.1, 0.15) is 12.1 Å². The second-order valence-corrected chi connectivity index (χ2v) is 2.85. The van der Waals surface area contributed by atoms with E-state index in [4.69, 9.17) is 5.11 Å². The van der Waals surface area contributed by atoms with Crippen LogP contribution in [0.4, 0.5) is 11.6 Å². The van der Waals surface area contributed by atoms with Crippen molar-refractivity contribution in [2.45, 2.75) is 0 Å². The van der Waals surface area contributed by atoms with Gasteiger partial charge < -0.3 is 20.3 Å². The van der Waals surface area contributed by atoms with Crippen molar-refractivity contribution in [1.82, 2.24) is 15.2 Å². The van der Waals surface area contributed by atoms with Gasteiger partial charge in [-0.15, -0.1) is 20.4 Å². The standard InChI is InChI=1S/C8H7N5O3/c14-4-1-5(15)7(6(16)2-4)11-13-8-9-3-10-12-8/h1-3,14-16H,(H,9,10,12)/b13-11+. The number of hydrogen-bond donors (Lipinski definition) is 4. The molecule has 0 spiro atoms. The summed E-state index contributed by atoms with van der Waals surface area (Å²) in [5.74, 6) is -0.915. The van der Waals surface area contributed by atoms with Crippen LogP contribution in [0.5, 0.6) is 17.2 Å². The average Bonchev–Trinajstić information content (AvgIpc) is 2.68. The molecule has 0 bridgehead atoms. The van der Waals surface area contributed by atoms with Gasteiger partial charge in [0.15, 0.2) is 17.2 Å². The molecule has 8 nitrogen and oxygen atoms in total. The van der Waals surface area contributed by atoms with Crippen LogP contribution in [0.3, 0.4) is 0 Å². The molecule has 1 aromatic heterocycles. The van der Waals surface area contributed by atoms with Crippen molar-refractivity contribution in [1.29, 1.82) is 0 Å². The van der Waals surface area contributed by atoms with Crippen LogP contribution in [-0.4, -0.2) is 30.5 Å². The largest absolute Gasteiger partial charge is 0.508 e. The van der Waals surface area contributed by atoms with E-state index in [-0.39, 0.29) is 28.9 Å². The maximum absolute atomic E-state index is 9.38. The van der Waals surface area contributed by atoms with Crippen LogP contribution in [0.2, 0.25) is 0 Å². The van der Waals surface area contributed by atoms with Crippen LogP contribution < -0.4 is 0 Å². The highest BCUT2D eigenvalue weighted by Gasteiger charge is 2.08. The van der Waals surface area contributed by atoms with E-state index in [9.17, 15) is 10.2 Å². The Morgan fingerprint density at radius 2 is 1.75 bits per heavy atom. The van der Waals surface area contributed by atoms with Crippen molar-refractivity contribution in [3.05, 3.63) is 18.5 Å². The van der Waals surface area contributed by atoms with E-state index in [1.807, 2.05) is 0 Å². The third kappa shape index (κ3) is 1.90. The highest BCUT2D eigenvalue weighted by atomic mass is 16.3. The molecule has 0 amide bonds. The molecule has 4 N–H and O–H groups in total. The fourth-order valence-corrected chi connectivity index (χ4v) is 1.04. The number of aromatic amines is 1. The number of nitrogens with zero attached hydrogens (tertiary/aromatic N) is 4. The van der Waals surface area contributed by atoms with Crippen LogP contribution in [-0.2, 0) is 0 Å². The molecule has 0 atom stereocenters. The Bertz CT molecular complexity index is 499. The third-order valence-electron chi connectivity index (χ3n) is 1.70. The summed E-state index contributed by atoms with van der Waals surface area (Å²) >= 11 is 0. The highest BCUT2D eigenvalue weighted by molar-refractivity contribution is 5.63. The predicted molar refractivity (Wildman–Crippen MR) is 52.0 cm³/mol. The number of aromatic hydroxyl groups is 3. The number of aromatic nitrogens is 3. The number of rotatable bonds is 2. The molecule has 2 aromatic rings. The summed E-state index contributed by atoms with van der Waals surface area (Å²) in [4.78, 5) is 2.56. The molecule has 82 valence electrons. The van der Waals surface area contributed by atoms with E-state index < -0.39 is 0 Å². The van der Waals surface area contributed by atoms with Crippen LogP contribution in [0, 0.1) is 0 Å². The van der Waals surface area contributed by atoms with E-state index in [0.717, 1.165) is 12.1 Å². The zero-order chi connectivity index (χ0) is 11.5. The minimum Gasteiger partial charge on any atom is -0.508 e. The normalized spacial score (nSPS) is 11.0. The predicted octanol–water partition coefficient (Wildman–Crippen LogP) is 1.34. The summed E-state index contributed by atoms with van der Waals surface area (Å²) in [6.07, 6.45) is 1.31. The van der Waals surface area contributed by atoms with E-state index in [2.05, 4.69) is 25.4 Å². The van der Waals surface area contributed by atoms with Crippen molar-refractivity contribution < 1.29 is 15.3 Å². The topological polar surface area (TPSA) is 127 Å². The Hall–Kier alpha value is -2.64. The molecule has 1 heterocycles. The van der Waals surface area contributed by atoms with Gasteiger partial charge in [0.25, 0.3) is 5.95 Å². The molecule has 0 radical (unpaired) electrons. The third-order valence-corrected chi connectivity index (χ3v) is 1.70. The Balaban J connectivity index is 2.35. The summed E-state index contributed by atoms with van der Waals surface area (Å²) in [5, 5.41) is 42.0. The summed E-state index contributed by atoms with van der Waals surface area (Å²) in [7, 11) is 0. The van der Waals surface area contributed by atoms with Crippen molar-refractivity contribution in [3.63, 3.8) is 0 Å². The second-order valence-electron chi connectivity index (χ2n) is 2.85. The fraction of sp³-hybridized carbons (Fsp3) is 0. The SMILES string of the molecule is Oc1cc(O)c(/N=N/c2nnc[nH]2)c(O)c1. The van der Waals surface area contributed by atoms with Gasteiger partial charge in [-0.1, -0.05) is 0 Å². The molecule has 0 aliphatic carbocycles. The smallest absolute Gasteiger partial charge is 0.267 e. The lowest BCUT2D eigenvalue weighted by molar-refractivity contribution is 0.429. The van der Waals surface area contributed by atoms with Gasteiger partial charge in [0.05, 0.1) is 0 Å². The number of H-pyrrole nitrogens is 1. The molecule has 0 aliphatic heterocycles. The minimum atomic E-state index is -0.388. The highest BCUT2D eigenvalue weighted by Crippen LogP contribution is 2.39. The van der Waals surface area contributed by atoms with E-state index in [0.29, 0.717) is 0 Å². The number of nitrogens with one attached hydrogen (secondary N) is 1. The van der Waals surface area contributed by atoms with Crippen molar-refractivity contribution in [2.24, 2.45) is 10.2 Å². The molecule has 0 unspecified atom stereocenters. The Labute approximate surface area is 88.9 Å². The molecule has 2 rings (SSSR count). The maximum Gasteiger partial charge on any atom is 0.267 e. The van der Waals surface area contributed by atoms with Crippen molar-refractivity contribution in [2.75, 3.05) is 0 Å². The first-order chi connectivity index (χ1) is 7.66. The van der Waals surface area contributed by atoms with E-state index in [1.165, 1.54) is 6.33 Å². The number of benzene rings is 1. The first-order valence-corrected chi connectivity index (χ1v) is 4.19. The van der Waals surface area contributed by atoms with Gasteiger partial charge in [-0.25, -0.2) is 0 Å². The van der Waals surface area contributed by atoms with Crippen molar-refractivity contribution >= 4 is 11.6 Å². The molecule has 0 aliphatic rings. The first-order valence-electron chi connectivity index (χ1n) is 4.19. The molecule has 0 fully saturated rings. The Morgan fingerprint density at radius 3 is 2.31 bits per heavy atom. The quantitative estimate of drug-likeness (QED) is 0.569. The van der Waals surface area contributed by atoms with Gasteiger partial charge in [0, 0.05) is 12.1 Å². The van der Waals surface area contributed by atoms with Crippen LogP contribution >= 0.6 is 0 Å². The molecular weight excluding hydrogens is 214 g/mol. The van der Waals surface area contributed by atoms with Crippen molar-refractivity contribution in [3.8, 4) is 17.2 Å². The maximum atomic E-state index is 9.38. The first kappa shape index (κ1) is 9.90. The number of phenolic OH excluding ortho intramolecular Hbond substituents is 3. The lowest BCUT2D eigenvalue weighted by atomic mass is 10.2. The van der Waals surface area contributed by atoms with Gasteiger partial charge in [-0.05, 0) is 0 Å². The molecule has 16 heavy (non-hydrogen) atoms. The zero-order valence-electron chi connectivity index (χ0n) is 7.86. The molecule has 8 heteroatoms. The average molecular weight is 221 g/mol. The molecular formula is C8H7N5O3. The summed E-state index contributed by atoms with van der Waals surface area (Å²) < 4.78 is 0.